The van der Waals surface area contributed by atoms with Crippen LogP contribution in [0.25, 0.3) is 22.3 Å². The fraction of sp³-hybridized carbons (Fsp3) is 0.208. The van der Waals surface area contributed by atoms with Crippen molar-refractivity contribution < 1.29 is 4.42 Å². The number of aryl methyl sites for hydroxylation is 1. The summed E-state index contributed by atoms with van der Waals surface area (Å²) >= 11 is 6.02. The van der Waals surface area contributed by atoms with Crippen LogP contribution < -0.4 is 16.1 Å². The molecule has 0 amide bonds. The highest BCUT2D eigenvalue weighted by Crippen LogP contribution is 2.33. The molecule has 3 heterocycles. The maximum atomic E-state index is 13.2. The Hall–Kier alpha value is -3.38. The first-order valence-corrected chi connectivity index (χ1v) is 10.4. The van der Waals surface area contributed by atoms with Gasteiger partial charge in [0.15, 0.2) is 11.2 Å². The van der Waals surface area contributed by atoms with Crippen molar-refractivity contribution in [3.05, 3.63) is 80.9 Å². The van der Waals surface area contributed by atoms with Crippen LogP contribution in [-0.4, -0.2) is 17.0 Å². The first kappa shape index (κ1) is 20.9. The SMILES string of the molecule is CNc1nc(Cl)ccc1NC(C)c1cc(C)cc2c(=O)c(C)c(-c3cccnc3)oc12. The van der Waals surface area contributed by atoms with Crippen LogP contribution >= 0.6 is 11.6 Å². The van der Waals surface area contributed by atoms with Gasteiger partial charge in [0.05, 0.1) is 17.1 Å². The number of benzene rings is 1. The van der Waals surface area contributed by atoms with E-state index < -0.39 is 0 Å². The minimum absolute atomic E-state index is 0.0404. The molecule has 158 valence electrons. The fourth-order valence-electron chi connectivity index (χ4n) is 3.72. The maximum Gasteiger partial charge on any atom is 0.196 e. The van der Waals surface area contributed by atoms with Crippen molar-refractivity contribution in [3.63, 3.8) is 0 Å². The Balaban J connectivity index is 1.88. The van der Waals surface area contributed by atoms with Gasteiger partial charge in [-0.25, -0.2) is 4.98 Å². The van der Waals surface area contributed by atoms with E-state index in [1.165, 1.54) is 0 Å². The average molecular weight is 435 g/mol. The van der Waals surface area contributed by atoms with Gasteiger partial charge in [-0.1, -0.05) is 17.7 Å². The summed E-state index contributed by atoms with van der Waals surface area (Å²) in [5, 5.41) is 7.49. The Kier molecular flexibility index (Phi) is 5.65. The first-order chi connectivity index (χ1) is 14.9. The third kappa shape index (κ3) is 3.99. The van der Waals surface area contributed by atoms with Crippen molar-refractivity contribution in [1.29, 1.82) is 0 Å². The Labute approximate surface area is 185 Å². The van der Waals surface area contributed by atoms with Crippen LogP contribution in [0, 0.1) is 13.8 Å². The number of fused-ring (bicyclic) bond motifs is 1. The van der Waals surface area contributed by atoms with E-state index in [-0.39, 0.29) is 11.5 Å². The van der Waals surface area contributed by atoms with E-state index in [0.29, 0.717) is 33.3 Å². The first-order valence-electron chi connectivity index (χ1n) is 9.98. The Morgan fingerprint density at radius 3 is 2.68 bits per heavy atom. The zero-order valence-electron chi connectivity index (χ0n) is 17.8. The second kappa shape index (κ2) is 8.40. The van der Waals surface area contributed by atoms with Gasteiger partial charge in [-0.15, -0.1) is 0 Å². The quantitative estimate of drug-likeness (QED) is 0.390. The Bertz CT molecular complexity index is 1320. The molecule has 0 aliphatic carbocycles. The van der Waals surface area contributed by atoms with E-state index in [1.54, 1.807) is 32.4 Å². The van der Waals surface area contributed by atoms with Gasteiger partial charge in [-0.2, -0.15) is 0 Å². The van der Waals surface area contributed by atoms with E-state index in [2.05, 4.69) is 20.6 Å². The molecule has 0 aliphatic heterocycles. The van der Waals surface area contributed by atoms with Crippen molar-refractivity contribution in [2.45, 2.75) is 26.8 Å². The second-order valence-electron chi connectivity index (χ2n) is 7.50. The Morgan fingerprint density at radius 1 is 1.16 bits per heavy atom. The molecule has 1 aromatic carbocycles. The highest BCUT2D eigenvalue weighted by molar-refractivity contribution is 6.29. The molecule has 6 nitrogen and oxygen atoms in total. The number of hydrogen-bond acceptors (Lipinski definition) is 6. The molecule has 4 aromatic rings. The molecule has 2 N–H and O–H groups in total. The molecular weight excluding hydrogens is 412 g/mol. The second-order valence-corrected chi connectivity index (χ2v) is 7.89. The molecule has 0 fully saturated rings. The lowest BCUT2D eigenvalue weighted by Gasteiger charge is -2.20. The summed E-state index contributed by atoms with van der Waals surface area (Å²) in [5.74, 6) is 1.18. The predicted octanol–water partition coefficient (Wildman–Crippen LogP) is 5.74. The van der Waals surface area contributed by atoms with Gasteiger partial charge in [-0.3, -0.25) is 9.78 Å². The van der Waals surface area contributed by atoms with Crippen LogP contribution in [0.3, 0.4) is 0 Å². The van der Waals surface area contributed by atoms with E-state index in [4.69, 9.17) is 16.0 Å². The van der Waals surface area contributed by atoms with Crippen molar-refractivity contribution >= 4 is 34.1 Å². The van der Waals surface area contributed by atoms with Crippen molar-refractivity contribution in [1.82, 2.24) is 9.97 Å². The molecule has 3 aromatic heterocycles. The summed E-state index contributed by atoms with van der Waals surface area (Å²) < 4.78 is 6.35. The number of pyridine rings is 2. The lowest BCUT2D eigenvalue weighted by molar-refractivity contribution is 0.605. The van der Waals surface area contributed by atoms with Gasteiger partial charge >= 0.3 is 0 Å². The van der Waals surface area contributed by atoms with E-state index in [1.807, 2.05) is 44.2 Å². The molecule has 1 unspecified atom stereocenters. The fourth-order valence-corrected chi connectivity index (χ4v) is 3.86. The molecule has 31 heavy (non-hydrogen) atoms. The predicted molar refractivity (Wildman–Crippen MR) is 126 cm³/mol. The third-order valence-corrected chi connectivity index (χ3v) is 5.46. The van der Waals surface area contributed by atoms with Crippen molar-refractivity contribution in [2.24, 2.45) is 0 Å². The van der Waals surface area contributed by atoms with Gasteiger partial charge in [0.25, 0.3) is 0 Å². The molecule has 0 saturated heterocycles. The van der Waals surface area contributed by atoms with E-state index in [0.717, 1.165) is 22.4 Å². The molecule has 0 saturated carbocycles. The van der Waals surface area contributed by atoms with E-state index in [9.17, 15) is 4.79 Å². The molecule has 0 aliphatic rings. The zero-order valence-corrected chi connectivity index (χ0v) is 18.5. The van der Waals surface area contributed by atoms with Crippen molar-refractivity contribution in [3.8, 4) is 11.3 Å². The smallest absolute Gasteiger partial charge is 0.196 e. The summed E-state index contributed by atoms with van der Waals surface area (Å²) in [5.41, 5.74) is 4.53. The molecule has 7 heteroatoms. The summed E-state index contributed by atoms with van der Waals surface area (Å²) in [6.07, 6.45) is 3.39. The van der Waals surface area contributed by atoms with Gasteiger partial charge < -0.3 is 15.1 Å². The van der Waals surface area contributed by atoms with Gasteiger partial charge in [0.1, 0.15) is 16.5 Å². The lowest BCUT2D eigenvalue weighted by atomic mass is 9.99. The number of rotatable bonds is 5. The minimum Gasteiger partial charge on any atom is -0.455 e. The number of anilines is 2. The summed E-state index contributed by atoms with van der Waals surface area (Å²) in [6, 6.07) is 11.1. The molecule has 0 bridgehead atoms. The minimum atomic E-state index is -0.162. The summed E-state index contributed by atoms with van der Waals surface area (Å²) in [4.78, 5) is 21.7. The zero-order chi connectivity index (χ0) is 22.1. The largest absolute Gasteiger partial charge is 0.455 e. The summed E-state index contributed by atoms with van der Waals surface area (Å²) in [6.45, 7) is 5.78. The van der Waals surface area contributed by atoms with Crippen LogP contribution in [0.4, 0.5) is 11.5 Å². The standard InChI is InChI=1S/C24H23ClN4O2/c1-13-10-17(15(3)28-19-7-8-20(25)29-24(19)26-4)23-18(11-13)21(30)14(2)22(31-23)16-6-5-9-27-12-16/h5-12,15,28H,1-4H3,(H,26,29). The number of nitrogens with zero attached hydrogens (tertiary/aromatic N) is 2. The number of halogens is 1. The normalized spacial score (nSPS) is 12.0. The van der Waals surface area contributed by atoms with Crippen molar-refractivity contribution in [2.75, 3.05) is 17.7 Å². The van der Waals surface area contributed by atoms with Crippen LogP contribution in [0.1, 0.15) is 29.7 Å². The lowest BCUT2D eigenvalue weighted by Crippen LogP contribution is -2.13. The van der Waals surface area contributed by atoms with Crippen LogP contribution in [0.2, 0.25) is 5.15 Å². The monoisotopic (exact) mass is 434 g/mol. The topological polar surface area (TPSA) is 80.0 Å². The highest BCUT2D eigenvalue weighted by Gasteiger charge is 2.19. The molecule has 1 atom stereocenters. The number of nitrogens with one attached hydrogen (secondary N) is 2. The third-order valence-electron chi connectivity index (χ3n) is 5.25. The van der Waals surface area contributed by atoms with Gasteiger partial charge in [0.2, 0.25) is 0 Å². The van der Waals surface area contributed by atoms with Crippen LogP contribution in [-0.2, 0) is 0 Å². The number of hydrogen-bond donors (Lipinski definition) is 2. The molecule has 0 spiro atoms. The summed E-state index contributed by atoms with van der Waals surface area (Å²) in [7, 11) is 1.79. The molecule has 0 radical (unpaired) electrons. The molecular formula is C24H23ClN4O2. The van der Waals surface area contributed by atoms with Crippen LogP contribution in [0.15, 0.2) is 58.0 Å². The molecule has 4 rings (SSSR count). The van der Waals surface area contributed by atoms with Gasteiger partial charge in [-0.05, 0) is 56.7 Å². The van der Waals surface area contributed by atoms with E-state index >= 15 is 0 Å². The van der Waals surface area contributed by atoms with Gasteiger partial charge in [0, 0.05) is 36.1 Å². The average Bonchev–Trinajstić information content (AvgIpc) is 2.77. The van der Waals surface area contributed by atoms with Crippen LogP contribution in [0.5, 0.6) is 0 Å². The maximum absolute atomic E-state index is 13.2. The highest BCUT2D eigenvalue weighted by atomic mass is 35.5. The Morgan fingerprint density at radius 2 is 1.97 bits per heavy atom. The number of aromatic nitrogens is 2.